The number of benzene rings is 1. The lowest BCUT2D eigenvalue weighted by molar-refractivity contribution is 0.319. The van der Waals surface area contributed by atoms with Gasteiger partial charge in [-0.05, 0) is 57.9 Å². The Kier molecular flexibility index (Phi) is 9.00. The van der Waals surface area contributed by atoms with Gasteiger partial charge in [0.1, 0.15) is 0 Å². The molecular weight excluding hydrogens is 385 g/mol. The maximum Gasteiger partial charge on any atom is 0.312 e. The Balaban J connectivity index is 2.86. The number of hydrogen-bond donors (Lipinski definition) is 0. The Morgan fingerprint density at radius 2 is 1.12 bits per heavy atom. The van der Waals surface area contributed by atoms with Crippen molar-refractivity contribution in [2.24, 2.45) is 0 Å². The van der Waals surface area contributed by atoms with Crippen molar-refractivity contribution in [2.75, 3.05) is 0 Å². The Morgan fingerprint density at radius 1 is 0.708 bits per heavy atom. The van der Waals surface area contributed by atoms with Crippen LogP contribution in [0.2, 0.25) is 52.4 Å². The van der Waals surface area contributed by atoms with Crippen molar-refractivity contribution < 1.29 is 16.5 Å². The maximum atomic E-state index is 6.51. The van der Waals surface area contributed by atoms with Gasteiger partial charge in [-0.25, -0.2) is 0 Å². The quantitative estimate of drug-likeness (QED) is 0.546. The summed E-state index contributed by atoms with van der Waals surface area (Å²) in [5, 5.41) is 0. The van der Waals surface area contributed by atoms with Crippen molar-refractivity contribution in [3.63, 3.8) is 0 Å². The molecule has 0 aliphatic rings. The standard InChI is InChI=1S/C15H34O4Si5/c1-20(2)16-23(5,6)18-22(14-15-12-10-9-11-13-15)19-24(7,8)17-21(3)4/h9-13,20-22H,14H2,1-8H3. The van der Waals surface area contributed by atoms with Crippen LogP contribution in [0.5, 0.6) is 0 Å². The summed E-state index contributed by atoms with van der Waals surface area (Å²) in [5.74, 6) is 0. The molecule has 0 amide bonds. The first-order valence-electron chi connectivity index (χ1n) is 8.74. The SMILES string of the molecule is C[SiH](C)O[Si](C)(C)O[SiH](Cc1ccccc1)O[Si](C)(C)O[SiH](C)C. The summed E-state index contributed by atoms with van der Waals surface area (Å²) in [7, 11) is -8.45. The minimum atomic E-state index is -2.15. The molecule has 24 heavy (non-hydrogen) atoms. The molecule has 0 heterocycles. The van der Waals surface area contributed by atoms with E-state index in [4.69, 9.17) is 16.5 Å². The van der Waals surface area contributed by atoms with Crippen molar-refractivity contribution in [3.8, 4) is 0 Å². The van der Waals surface area contributed by atoms with Gasteiger partial charge in [0, 0.05) is 6.04 Å². The molecule has 9 heteroatoms. The number of hydrogen-bond acceptors (Lipinski definition) is 4. The van der Waals surface area contributed by atoms with Gasteiger partial charge >= 0.3 is 26.4 Å². The van der Waals surface area contributed by atoms with Crippen LogP contribution in [0.4, 0.5) is 0 Å². The third kappa shape index (κ3) is 9.58. The summed E-state index contributed by atoms with van der Waals surface area (Å²) < 4.78 is 25.4. The van der Waals surface area contributed by atoms with E-state index in [2.05, 4.69) is 76.6 Å². The molecule has 4 nitrogen and oxygen atoms in total. The third-order valence-corrected chi connectivity index (χ3v) is 18.9. The summed E-state index contributed by atoms with van der Waals surface area (Å²) >= 11 is 0. The fraction of sp³-hybridized carbons (Fsp3) is 0.600. The van der Waals surface area contributed by atoms with E-state index in [1.165, 1.54) is 5.56 Å². The van der Waals surface area contributed by atoms with Gasteiger partial charge in [-0.3, -0.25) is 0 Å². The van der Waals surface area contributed by atoms with Crippen LogP contribution in [-0.2, 0) is 22.5 Å². The van der Waals surface area contributed by atoms with Crippen molar-refractivity contribution in [1.29, 1.82) is 0 Å². The summed E-state index contributed by atoms with van der Waals surface area (Å²) in [4.78, 5) is 0. The molecule has 0 aliphatic heterocycles. The molecule has 0 atom stereocenters. The van der Waals surface area contributed by atoms with Crippen LogP contribution < -0.4 is 0 Å². The second-order valence-corrected chi connectivity index (χ2v) is 22.3. The average molecular weight is 419 g/mol. The molecule has 0 fully saturated rings. The van der Waals surface area contributed by atoms with E-state index in [1.54, 1.807) is 0 Å². The van der Waals surface area contributed by atoms with Crippen LogP contribution in [0.1, 0.15) is 5.56 Å². The Morgan fingerprint density at radius 3 is 1.50 bits per heavy atom. The summed E-state index contributed by atoms with van der Waals surface area (Å²) in [6, 6.07) is 11.3. The van der Waals surface area contributed by atoms with E-state index in [9.17, 15) is 0 Å². The monoisotopic (exact) mass is 418 g/mol. The first-order chi connectivity index (χ1) is 11.0. The zero-order valence-corrected chi connectivity index (χ0v) is 21.9. The fourth-order valence-corrected chi connectivity index (χ4v) is 20.3. The van der Waals surface area contributed by atoms with Gasteiger partial charge in [-0.2, -0.15) is 0 Å². The predicted octanol–water partition coefficient (Wildman–Crippen LogP) is 3.43. The summed E-state index contributed by atoms with van der Waals surface area (Å²) in [6.07, 6.45) is 0. The van der Waals surface area contributed by atoms with Gasteiger partial charge in [-0.1, -0.05) is 30.3 Å². The zero-order valence-electron chi connectivity index (χ0n) is 16.5. The van der Waals surface area contributed by atoms with Crippen LogP contribution in [-0.4, -0.2) is 44.5 Å². The van der Waals surface area contributed by atoms with E-state index < -0.39 is 44.5 Å². The molecule has 0 N–H and O–H groups in total. The molecule has 0 radical (unpaired) electrons. The molecule has 0 saturated heterocycles. The van der Waals surface area contributed by atoms with Crippen molar-refractivity contribution in [2.45, 2.75) is 58.4 Å². The Labute approximate surface area is 155 Å². The highest BCUT2D eigenvalue weighted by Crippen LogP contribution is 2.18. The molecule has 0 aliphatic carbocycles. The lowest BCUT2D eigenvalue weighted by Crippen LogP contribution is -2.51. The maximum absolute atomic E-state index is 6.51. The van der Waals surface area contributed by atoms with Gasteiger partial charge in [0.25, 0.3) is 0 Å². The molecule has 0 bridgehead atoms. The third-order valence-electron chi connectivity index (χ3n) is 3.11. The topological polar surface area (TPSA) is 36.9 Å². The van der Waals surface area contributed by atoms with E-state index in [-0.39, 0.29) is 0 Å². The minimum absolute atomic E-state index is 0.861. The van der Waals surface area contributed by atoms with Crippen LogP contribution >= 0.6 is 0 Å². The number of rotatable bonds is 10. The summed E-state index contributed by atoms with van der Waals surface area (Å²) in [6.45, 7) is 17.3. The second-order valence-electron chi connectivity index (χ2n) is 7.49. The van der Waals surface area contributed by atoms with Gasteiger partial charge in [-0.15, -0.1) is 0 Å². The molecule has 0 spiro atoms. The van der Waals surface area contributed by atoms with Crippen LogP contribution in [0.25, 0.3) is 0 Å². The Bertz CT molecular complexity index is 458. The Hall–Kier alpha value is 0.144. The first kappa shape index (κ1) is 22.2. The van der Waals surface area contributed by atoms with Crippen molar-refractivity contribution >= 4 is 44.5 Å². The first-order valence-corrected chi connectivity index (χ1v) is 21.7. The average Bonchev–Trinajstić information content (AvgIpc) is 2.34. The molecule has 1 rings (SSSR count). The van der Waals surface area contributed by atoms with Gasteiger partial charge in [0.2, 0.25) is 0 Å². The van der Waals surface area contributed by atoms with Crippen molar-refractivity contribution in [3.05, 3.63) is 35.9 Å². The molecule has 0 saturated carbocycles. The molecule has 0 unspecified atom stereocenters. The second kappa shape index (κ2) is 9.73. The molecule has 0 aromatic heterocycles. The van der Waals surface area contributed by atoms with Crippen molar-refractivity contribution in [1.82, 2.24) is 0 Å². The smallest absolute Gasteiger partial charge is 0.312 e. The van der Waals surface area contributed by atoms with Crippen LogP contribution in [0.15, 0.2) is 30.3 Å². The lowest BCUT2D eigenvalue weighted by Gasteiger charge is -2.35. The van der Waals surface area contributed by atoms with E-state index in [0.717, 1.165) is 6.04 Å². The normalized spacial score (nSPS) is 13.3. The van der Waals surface area contributed by atoms with Crippen LogP contribution in [0, 0.1) is 0 Å². The molecular formula is C15H34O4Si5. The van der Waals surface area contributed by atoms with Gasteiger partial charge in [0.05, 0.1) is 0 Å². The lowest BCUT2D eigenvalue weighted by atomic mass is 10.2. The summed E-state index contributed by atoms with van der Waals surface area (Å²) in [5.41, 5.74) is 1.27. The van der Waals surface area contributed by atoms with E-state index in [1.807, 2.05) is 6.07 Å². The largest absolute Gasteiger partial charge is 0.440 e. The fourth-order valence-electron chi connectivity index (χ4n) is 2.74. The highest BCUT2D eigenvalue weighted by Gasteiger charge is 2.36. The molecule has 1 aromatic carbocycles. The van der Waals surface area contributed by atoms with Gasteiger partial charge in [0.15, 0.2) is 18.1 Å². The highest BCUT2D eigenvalue weighted by atomic mass is 28.5. The van der Waals surface area contributed by atoms with E-state index >= 15 is 0 Å². The highest BCUT2D eigenvalue weighted by molar-refractivity contribution is 6.81. The minimum Gasteiger partial charge on any atom is -0.440 e. The zero-order chi connectivity index (χ0) is 18.4. The van der Waals surface area contributed by atoms with Gasteiger partial charge < -0.3 is 16.5 Å². The predicted molar refractivity (Wildman–Crippen MR) is 114 cm³/mol. The molecule has 1 aromatic rings. The van der Waals surface area contributed by atoms with E-state index in [0.29, 0.717) is 0 Å². The van der Waals surface area contributed by atoms with Crippen LogP contribution in [0.3, 0.4) is 0 Å². The molecule has 138 valence electrons.